The summed E-state index contributed by atoms with van der Waals surface area (Å²) < 4.78 is 21.3. The van der Waals surface area contributed by atoms with Crippen molar-refractivity contribution >= 4 is 6.21 Å². The molecule has 0 spiro atoms. The average Bonchev–Trinajstić information content (AvgIpc) is 2.60. The number of benzene rings is 2. The molecule has 0 unspecified atom stereocenters. The Morgan fingerprint density at radius 3 is 1.96 bits per heavy atom. The summed E-state index contributed by atoms with van der Waals surface area (Å²) in [5.41, 5.74) is 3.08. The van der Waals surface area contributed by atoms with Crippen LogP contribution in [0, 0.1) is 6.92 Å². The lowest BCUT2D eigenvalue weighted by Crippen LogP contribution is -1.97. The summed E-state index contributed by atoms with van der Waals surface area (Å²) >= 11 is 0. The van der Waals surface area contributed by atoms with Gasteiger partial charge in [-0.3, -0.25) is 4.99 Å². The molecule has 5 nitrogen and oxygen atoms in total. The summed E-state index contributed by atoms with van der Waals surface area (Å²) in [7, 11) is 6.46. The molecule has 0 aromatic heterocycles. The number of methoxy groups -OCH3 is 4. The van der Waals surface area contributed by atoms with E-state index in [-0.39, 0.29) is 0 Å². The molecule has 2 aromatic rings. The maximum Gasteiger partial charge on any atom is 0.203 e. The number of aryl methyl sites for hydroxylation is 1. The van der Waals surface area contributed by atoms with Crippen molar-refractivity contribution in [3.05, 3.63) is 47.0 Å². The molecule has 0 saturated heterocycles. The van der Waals surface area contributed by atoms with Gasteiger partial charge in [0.25, 0.3) is 0 Å². The van der Waals surface area contributed by atoms with Crippen LogP contribution in [0.25, 0.3) is 0 Å². The second kappa shape index (κ2) is 8.24. The molecule has 0 aliphatic carbocycles. The van der Waals surface area contributed by atoms with E-state index in [1.165, 1.54) is 0 Å². The summed E-state index contributed by atoms with van der Waals surface area (Å²) in [5.74, 6) is 2.71. The van der Waals surface area contributed by atoms with E-state index in [1.807, 2.05) is 43.5 Å². The molecule has 2 aromatic carbocycles. The Hall–Kier alpha value is -2.69. The second-order valence-corrected chi connectivity index (χ2v) is 5.23. The lowest BCUT2D eigenvalue weighted by atomic mass is 10.1. The predicted octanol–water partition coefficient (Wildman–Crippen LogP) is 3.65. The largest absolute Gasteiger partial charge is 0.496 e. The average molecular weight is 329 g/mol. The van der Waals surface area contributed by atoms with E-state index >= 15 is 0 Å². The maximum atomic E-state index is 5.35. The van der Waals surface area contributed by atoms with Crippen molar-refractivity contribution < 1.29 is 18.9 Å². The first-order valence-electron chi connectivity index (χ1n) is 7.56. The van der Waals surface area contributed by atoms with Crippen LogP contribution in [0.3, 0.4) is 0 Å². The van der Waals surface area contributed by atoms with Crippen molar-refractivity contribution in [1.82, 2.24) is 0 Å². The SMILES string of the molecule is COc1ccc(C=NCc2cc(OC)c(OC)c(OC)c2)cc1C. The second-order valence-electron chi connectivity index (χ2n) is 5.23. The van der Waals surface area contributed by atoms with Crippen LogP contribution in [-0.4, -0.2) is 34.7 Å². The molecule has 5 heteroatoms. The minimum Gasteiger partial charge on any atom is -0.496 e. The smallest absolute Gasteiger partial charge is 0.203 e. The van der Waals surface area contributed by atoms with Gasteiger partial charge in [0.05, 0.1) is 35.0 Å². The van der Waals surface area contributed by atoms with E-state index in [0.717, 1.165) is 22.4 Å². The molecule has 0 heterocycles. The van der Waals surface area contributed by atoms with Crippen LogP contribution in [0.15, 0.2) is 35.3 Å². The van der Waals surface area contributed by atoms with Gasteiger partial charge in [-0.15, -0.1) is 0 Å². The topological polar surface area (TPSA) is 49.3 Å². The number of aliphatic imine (C=N–C) groups is 1. The van der Waals surface area contributed by atoms with Crippen LogP contribution in [-0.2, 0) is 6.54 Å². The van der Waals surface area contributed by atoms with Crippen molar-refractivity contribution in [3.8, 4) is 23.0 Å². The Balaban J connectivity index is 2.18. The number of nitrogens with zero attached hydrogens (tertiary/aromatic N) is 1. The lowest BCUT2D eigenvalue weighted by molar-refractivity contribution is 0.324. The van der Waals surface area contributed by atoms with Gasteiger partial charge in [-0.25, -0.2) is 0 Å². The third-order valence-electron chi connectivity index (χ3n) is 3.66. The highest BCUT2D eigenvalue weighted by Crippen LogP contribution is 2.38. The molecule has 0 aliphatic heterocycles. The Labute approximate surface area is 142 Å². The van der Waals surface area contributed by atoms with E-state index in [1.54, 1.807) is 28.4 Å². The Morgan fingerprint density at radius 2 is 1.46 bits per heavy atom. The van der Waals surface area contributed by atoms with Gasteiger partial charge in [-0.1, -0.05) is 0 Å². The fourth-order valence-corrected chi connectivity index (χ4v) is 2.47. The fourth-order valence-electron chi connectivity index (χ4n) is 2.47. The first-order chi connectivity index (χ1) is 11.6. The maximum absolute atomic E-state index is 5.35. The molecule has 0 atom stereocenters. The highest BCUT2D eigenvalue weighted by molar-refractivity contribution is 5.80. The molecule has 24 heavy (non-hydrogen) atoms. The standard InChI is InChI=1S/C19H23NO4/c1-13-8-14(6-7-16(13)21-2)11-20-12-15-9-17(22-3)19(24-5)18(10-15)23-4/h6-11H,12H2,1-5H3. The van der Waals surface area contributed by atoms with Gasteiger partial charge < -0.3 is 18.9 Å². The highest BCUT2D eigenvalue weighted by Gasteiger charge is 2.12. The van der Waals surface area contributed by atoms with Gasteiger partial charge in [0.1, 0.15) is 5.75 Å². The number of hydrogen-bond donors (Lipinski definition) is 0. The molecule has 0 radical (unpaired) electrons. The quantitative estimate of drug-likeness (QED) is 0.728. The zero-order chi connectivity index (χ0) is 17.5. The Bertz CT molecular complexity index is 700. The van der Waals surface area contributed by atoms with E-state index in [9.17, 15) is 0 Å². The van der Waals surface area contributed by atoms with E-state index in [2.05, 4.69) is 4.99 Å². The third-order valence-corrected chi connectivity index (χ3v) is 3.66. The normalized spacial score (nSPS) is 10.7. The minimum absolute atomic E-state index is 0.516. The monoisotopic (exact) mass is 329 g/mol. The van der Waals surface area contributed by atoms with Gasteiger partial charge in [0.15, 0.2) is 11.5 Å². The summed E-state index contributed by atoms with van der Waals surface area (Å²) in [5, 5.41) is 0. The number of rotatable bonds is 7. The van der Waals surface area contributed by atoms with E-state index < -0.39 is 0 Å². The fraction of sp³-hybridized carbons (Fsp3) is 0.316. The Kier molecular flexibility index (Phi) is 6.07. The van der Waals surface area contributed by atoms with Crippen molar-refractivity contribution in [2.45, 2.75) is 13.5 Å². The molecule has 0 N–H and O–H groups in total. The van der Waals surface area contributed by atoms with Crippen molar-refractivity contribution in [2.24, 2.45) is 4.99 Å². The minimum atomic E-state index is 0.516. The summed E-state index contributed by atoms with van der Waals surface area (Å²) in [4.78, 5) is 4.50. The molecule has 128 valence electrons. The van der Waals surface area contributed by atoms with Gasteiger partial charge in [0.2, 0.25) is 5.75 Å². The lowest BCUT2D eigenvalue weighted by Gasteiger charge is -2.13. The van der Waals surface area contributed by atoms with Crippen LogP contribution in [0.1, 0.15) is 16.7 Å². The van der Waals surface area contributed by atoms with Crippen LogP contribution < -0.4 is 18.9 Å². The van der Waals surface area contributed by atoms with Crippen LogP contribution in [0.5, 0.6) is 23.0 Å². The molecule has 0 fully saturated rings. The zero-order valence-electron chi connectivity index (χ0n) is 14.8. The highest BCUT2D eigenvalue weighted by atomic mass is 16.5. The van der Waals surface area contributed by atoms with Crippen LogP contribution in [0.4, 0.5) is 0 Å². The van der Waals surface area contributed by atoms with Gasteiger partial charge in [-0.2, -0.15) is 0 Å². The van der Waals surface area contributed by atoms with E-state index in [4.69, 9.17) is 18.9 Å². The molecular weight excluding hydrogens is 306 g/mol. The molecule has 0 saturated carbocycles. The first-order valence-corrected chi connectivity index (χ1v) is 7.56. The molecule has 0 bridgehead atoms. The molecule has 0 aliphatic rings. The van der Waals surface area contributed by atoms with Gasteiger partial charge in [-0.05, 0) is 53.9 Å². The van der Waals surface area contributed by atoms with E-state index in [0.29, 0.717) is 23.8 Å². The van der Waals surface area contributed by atoms with Crippen molar-refractivity contribution in [3.63, 3.8) is 0 Å². The summed E-state index contributed by atoms with van der Waals surface area (Å²) in [6, 6.07) is 9.76. The zero-order valence-corrected chi connectivity index (χ0v) is 14.8. The summed E-state index contributed by atoms with van der Waals surface area (Å²) in [6.07, 6.45) is 1.84. The number of ether oxygens (including phenoxy) is 4. The molecule has 2 rings (SSSR count). The van der Waals surface area contributed by atoms with Crippen molar-refractivity contribution in [1.29, 1.82) is 0 Å². The first kappa shape index (κ1) is 17.7. The van der Waals surface area contributed by atoms with Crippen molar-refractivity contribution in [2.75, 3.05) is 28.4 Å². The van der Waals surface area contributed by atoms with Crippen LogP contribution >= 0.6 is 0 Å². The Morgan fingerprint density at radius 1 is 0.833 bits per heavy atom. The van der Waals surface area contributed by atoms with Gasteiger partial charge in [0, 0.05) is 6.21 Å². The van der Waals surface area contributed by atoms with Gasteiger partial charge >= 0.3 is 0 Å². The molecule has 0 amide bonds. The molecular formula is C19H23NO4. The third kappa shape index (κ3) is 3.98. The van der Waals surface area contributed by atoms with Crippen LogP contribution in [0.2, 0.25) is 0 Å². The number of hydrogen-bond acceptors (Lipinski definition) is 5. The predicted molar refractivity (Wildman–Crippen MR) is 95.1 cm³/mol. The summed E-state index contributed by atoms with van der Waals surface area (Å²) in [6.45, 7) is 2.52.